The third kappa shape index (κ3) is 6.36. The number of phenolic OH excluding ortho intramolecular Hbond substituents is 1. The highest BCUT2D eigenvalue weighted by molar-refractivity contribution is 6.36. The van der Waals surface area contributed by atoms with Crippen LogP contribution >= 0.6 is 23.2 Å². The SMILES string of the molecule is Oc1cccc(-c2ccc3c(c2)CCCC(c2ccc(Cl)cc2Cl)=C3c2ccc(OC3CCN(CCCF)C3)cc2)c1. The van der Waals surface area contributed by atoms with Gasteiger partial charge in [-0.05, 0) is 113 Å². The monoisotopic (exact) mass is 601 g/mol. The molecule has 3 nitrogen and oxygen atoms in total. The van der Waals surface area contributed by atoms with Crippen LogP contribution in [-0.2, 0) is 6.42 Å². The Morgan fingerprint density at radius 2 is 1.64 bits per heavy atom. The number of ether oxygens (including phenoxy) is 1. The van der Waals surface area contributed by atoms with Gasteiger partial charge in [0.25, 0.3) is 0 Å². The van der Waals surface area contributed by atoms with Crippen molar-refractivity contribution in [2.45, 2.75) is 38.2 Å². The summed E-state index contributed by atoms with van der Waals surface area (Å²) in [5.41, 5.74) is 9.00. The van der Waals surface area contributed by atoms with E-state index >= 15 is 0 Å². The summed E-state index contributed by atoms with van der Waals surface area (Å²) in [7, 11) is 0. The molecule has 1 unspecified atom stereocenters. The van der Waals surface area contributed by atoms with Crippen LogP contribution in [0, 0.1) is 0 Å². The Balaban J connectivity index is 1.37. The molecule has 0 aromatic heterocycles. The van der Waals surface area contributed by atoms with Crippen molar-refractivity contribution in [2.75, 3.05) is 26.3 Å². The summed E-state index contributed by atoms with van der Waals surface area (Å²) in [6.45, 7) is 2.29. The summed E-state index contributed by atoms with van der Waals surface area (Å²) < 4.78 is 18.9. The minimum absolute atomic E-state index is 0.118. The summed E-state index contributed by atoms with van der Waals surface area (Å²) in [5.74, 6) is 1.10. The highest BCUT2D eigenvalue weighted by Gasteiger charge is 2.25. The standard InChI is InChI=1S/C36H34Cl2FNO2/c37-28-11-15-33(35(38)22-28)34-7-2-5-27-20-26(25-4-1-6-29(41)21-25)10-14-32(27)36(34)24-8-12-30(13-9-24)42-31-16-19-40(23-31)18-3-17-39/h1,4,6,8-15,20-22,31,41H,2-3,5,7,16-19,23H2. The number of hydrogen-bond acceptors (Lipinski definition) is 3. The lowest BCUT2D eigenvalue weighted by atomic mass is 9.87. The molecular formula is C36H34Cl2FNO2. The number of aryl methyl sites for hydroxylation is 1. The third-order valence-corrected chi connectivity index (χ3v) is 8.82. The Hall–Kier alpha value is -3.31. The number of fused-ring (bicyclic) bond motifs is 1. The molecule has 2 aliphatic rings. The van der Waals surface area contributed by atoms with E-state index in [4.69, 9.17) is 27.9 Å². The fourth-order valence-corrected chi connectivity index (χ4v) is 6.78. The van der Waals surface area contributed by atoms with Gasteiger partial charge in [-0.25, -0.2) is 0 Å². The van der Waals surface area contributed by atoms with Crippen molar-refractivity contribution in [2.24, 2.45) is 0 Å². The summed E-state index contributed by atoms with van der Waals surface area (Å²) in [6, 6.07) is 28.1. The molecule has 6 rings (SSSR count). The smallest absolute Gasteiger partial charge is 0.119 e. The van der Waals surface area contributed by atoms with Gasteiger partial charge in [0.1, 0.15) is 17.6 Å². The zero-order chi connectivity index (χ0) is 29.1. The van der Waals surface area contributed by atoms with Gasteiger partial charge in [0, 0.05) is 29.7 Å². The number of phenols is 1. The van der Waals surface area contributed by atoms with Crippen molar-refractivity contribution < 1.29 is 14.2 Å². The molecule has 0 saturated carbocycles. The number of rotatable bonds is 8. The normalized spacial score (nSPS) is 17.3. The molecule has 1 fully saturated rings. The van der Waals surface area contributed by atoms with Gasteiger partial charge in [-0.1, -0.05) is 71.7 Å². The van der Waals surface area contributed by atoms with Gasteiger partial charge in [-0.3, -0.25) is 9.29 Å². The third-order valence-electron chi connectivity index (χ3n) is 8.27. The molecule has 4 aromatic carbocycles. The molecule has 1 aliphatic heterocycles. The van der Waals surface area contributed by atoms with Crippen molar-refractivity contribution in [1.29, 1.82) is 0 Å². The molecule has 1 saturated heterocycles. The lowest BCUT2D eigenvalue weighted by Crippen LogP contribution is -2.26. The minimum atomic E-state index is -0.275. The van der Waals surface area contributed by atoms with E-state index in [9.17, 15) is 9.50 Å². The van der Waals surface area contributed by atoms with Crippen molar-refractivity contribution in [3.8, 4) is 22.6 Å². The van der Waals surface area contributed by atoms with E-state index in [2.05, 4.69) is 47.4 Å². The van der Waals surface area contributed by atoms with E-state index in [1.165, 1.54) is 22.3 Å². The van der Waals surface area contributed by atoms with E-state index in [0.29, 0.717) is 16.5 Å². The molecule has 1 heterocycles. The van der Waals surface area contributed by atoms with Crippen LogP contribution < -0.4 is 4.74 Å². The summed E-state index contributed by atoms with van der Waals surface area (Å²) in [5, 5.41) is 11.3. The Morgan fingerprint density at radius 3 is 2.43 bits per heavy atom. The van der Waals surface area contributed by atoms with Gasteiger partial charge in [-0.15, -0.1) is 0 Å². The van der Waals surface area contributed by atoms with Gasteiger partial charge in [0.05, 0.1) is 6.67 Å². The second kappa shape index (κ2) is 12.9. The molecule has 6 heteroatoms. The van der Waals surface area contributed by atoms with E-state index in [1.54, 1.807) is 12.1 Å². The van der Waals surface area contributed by atoms with Crippen LogP contribution in [0.25, 0.3) is 22.3 Å². The number of benzene rings is 4. The predicted octanol–water partition coefficient (Wildman–Crippen LogP) is 9.47. The van der Waals surface area contributed by atoms with Gasteiger partial charge < -0.3 is 9.84 Å². The molecule has 216 valence electrons. The van der Waals surface area contributed by atoms with Crippen LogP contribution in [-0.4, -0.2) is 42.4 Å². The largest absolute Gasteiger partial charge is 0.508 e. The zero-order valence-corrected chi connectivity index (χ0v) is 25.0. The quantitative estimate of drug-likeness (QED) is 0.218. The van der Waals surface area contributed by atoms with Crippen LogP contribution in [0.2, 0.25) is 10.0 Å². The second-order valence-electron chi connectivity index (χ2n) is 11.1. The molecule has 0 bridgehead atoms. The number of alkyl halides is 1. The molecule has 0 radical (unpaired) electrons. The van der Waals surface area contributed by atoms with Crippen molar-refractivity contribution in [3.63, 3.8) is 0 Å². The van der Waals surface area contributed by atoms with E-state index < -0.39 is 0 Å². The van der Waals surface area contributed by atoms with E-state index in [-0.39, 0.29) is 18.5 Å². The first-order chi connectivity index (χ1) is 20.5. The number of aromatic hydroxyl groups is 1. The van der Waals surface area contributed by atoms with Crippen LogP contribution in [0.4, 0.5) is 4.39 Å². The van der Waals surface area contributed by atoms with E-state index in [1.807, 2.05) is 30.3 Å². The first kappa shape index (κ1) is 28.8. The lowest BCUT2D eigenvalue weighted by molar-refractivity contribution is 0.198. The lowest BCUT2D eigenvalue weighted by Gasteiger charge is -2.19. The first-order valence-electron chi connectivity index (χ1n) is 14.6. The number of halogens is 3. The average Bonchev–Trinajstić information content (AvgIpc) is 3.35. The topological polar surface area (TPSA) is 32.7 Å². The molecule has 0 spiro atoms. The number of likely N-dealkylation sites (tertiary alicyclic amines) is 1. The molecule has 1 atom stereocenters. The molecule has 42 heavy (non-hydrogen) atoms. The Kier molecular flexibility index (Phi) is 8.85. The number of hydrogen-bond donors (Lipinski definition) is 1. The fraction of sp³-hybridized carbons (Fsp3) is 0.278. The molecule has 4 aromatic rings. The van der Waals surface area contributed by atoms with Gasteiger partial charge in [0.2, 0.25) is 0 Å². The zero-order valence-electron chi connectivity index (χ0n) is 23.5. The number of allylic oxidation sites excluding steroid dienone is 1. The van der Waals surface area contributed by atoms with Crippen LogP contribution in [0.1, 0.15) is 47.9 Å². The maximum absolute atomic E-state index is 12.6. The maximum Gasteiger partial charge on any atom is 0.119 e. The van der Waals surface area contributed by atoms with Crippen LogP contribution in [0.15, 0.2) is 84.9 Å². The average molecular weight is 603 g/mol. The number of nitrogens with zero attached hydrogens (tertiary/aromatic N) is 1. The molecule has 0 amide bonds. The fourth-order valence-electron chi connectivity index (χ4n) is 6.26. The summed E-state index contributed by atoms with van der Waals surface area (Å²) in [6.07, 6.45) is 4.44. The van der Waals surface area contributed by atoms with Gasteiger partial charge in [0.15, 0.2) is 0 Å². The Morgan fingerprint density at radius 1 is 0.857 bits per heavy atom. The molecular weight excluding hydrogens is 568 g/mol. The molecule has 1 aliphatic carbocycles. The van der Waals surface area contributed by atoms with Crippen LogP contribution in [0.5, 0.6) is 11.5 Å². The second-order valence-corrected chi connectivity index (χ2v) is 12.0. The van der Waals surface area contributed by atoms with Crippen molar-refractivity contribution >= 4 is 34.3 Å². The predicted molar refractivity (Wildman–Crippen MR) is 171 cm³/mol. The Bertz CT molecular complexity index is 1600. The van der Waals surface area contributed by atoms with Crippen molar-refractivity contribution in [3.05, 3.63) is 117 Å². The Labute approximate surface area is 257 Å². The first-order valence-corrected chi connectivity index (χ1v) is 15.4. The van der Waals surface area contributed by atoms with E-state index in [0.717, 1.165) is 73.3 Å². The minimum Gasteiger partial charge on any atom is -0.508 e. The molecule has 1 N–H and O–H groups in total. The highest BCUT2D eigenvalue weighted by Crippen LogP contribution is 2.43. The van der Waals surface area contributed by atoms with Gasteiger partial charge >= 0.3 is 0 Å². The summed E-state index contributed by atoms with van der Waals surface area (Å²) >= 11 is 13.1. The van der Waals surface area contributed by atoms with Crippen molar-refractivity contribution in [1.82, 2.24) is 4.90 Å². The maximum atomic E-state index is 12.6. The van der Waals surface area contributed by atoms with Crippen LogP contribution in [0.3, 0.4) is 0 Å². The van der Waals surface area contributed by atoms with Gasteiger partial charge in [-0.2, -0.15) is 0 Å². The highest BCUT2D eigenvalue weighted by atomic mass is 35.5. The summed E-state index contributed by atoms with van der Waals surface area (Å²) in [4.78, 5) is 2.28.